The number of methoxy groups -OCH3 is 1. The van der Waals surface area contributed by atoms with Gasteiger partial charge in [-0.2, -0.15) is 0 Å². The van der Waals surface area contributed by atoms with Crippen molar-refractivity contribution in [3.05, 3.63) is 28.4 Å². The Balaban J connectivity index is 2.24. The van der Waals surface area contributed by atoms with Crippen LogP contribution in [0, 0.1) is 0 Å². The predicted octanol–water partition coefficient (Wildman–Crippen LogP) is 1.47. The van der Waals surface area contributed by atoms with Gasteiger partial charge < -0.3 is 19.5 Å². The Morgan fingerprint density at radius 2 is 2.04 bits per heavy atom. The van der Waals surface area contributed by atoms with E-state index in [4.69, 9.17) is 25.8 Å². The lowest BCUT2D eigenvalue weighted by atomic mass is 10.1. The van der Waals surface area contributed by atoms with E-state index < -0.39 is 17.9 Å². The smallest absolute Gasteiger partial charge is 0.344 e. The van der Waals surface area contributed by atoms with Crippen molar-refractivity contribution in [1.29, 1.82) is 0 Å². The van der Waals surface area contributed by atoms with Gasteiger partial charge in [-0.3, -0.25) is 10.1 Å². The second-order valence-corrected chi connectivity index (χ2v) is 5.00. The largest absolute Gasteiger partial charge is 0.493 e. The lowest BCUT2D eigenvalue weighted by Crippen LogP contribution is -2.22. The van der Waals surface area contributed by atoms with Crippen LogP contribution in [0.15, 0.2) is 17.8 Å². The summed E-state index contributed by atoms with van der Waals surface area (Å²) in [4.78, 5) is 34.0. The highest BCUT2D eigenvalue weighted by Gasteiger charge is 2.23. The summed E-state index contributed by atoms with van der Waals surface area (Å²) in [6.45, 7) is 1.61. The van der Waals surface area contributed by atoms with E-state index in [1.54, 1.807) is 13.0 Å². The highest BCUT2D eigenvalue weighted by Crippen LogP contribution is 2.37. The number of hydrogen-bond acceptors (Lipinski definition) is 6. The number of urea groups is 1. The van der Waals surface area contributed by atoms with Gasteiger partial charge >= 0.3 is 12.0 Å². The molecule has 2 N–H and O–H groups in total. The van der Waals surface area contributed by atoms with Crippen molar-refractivity contribution in [2.45, 2.75) is 6.92 Å². The van der Waals surface area contributed by atoms with Crippen LogP contribution in [0.1, 0.15) is 12.5 Å². The van der Waals surface area contributed by atoms with E-state index in [2.05, 4.69) is 10.6 Å². The number of nitrogens with one attached hydrogen (secondary N) is 2. The van der Waals surface area contributed by atoms with Gasteiger partial charge in [-0.1, -0.05) is 11.6 Å². The van der Waals surface area contributed by atoms with E-state index in [1.165, 1.54) is 19.3 Å². The Bertz CT molecular complexity index is 716. The minimum atomic E-state index is -0.598. The summed E-state index contributed by atoms with van der Waals surface area (Å²) in [5.41, 5.74) is 0.589. The van der Waals surface area contributed by atoms with E-state index in [0.717, 1.165) is 0 Å². The predicted molar refractivity (Wildman–Crippen MR) is 84.8 cm³/mol. The third-order valence-corrected chi connectivity index (χ3v) is 3.20. The number of ether oxygens (including phenoxy) is 3. The van der Waals surface area contributed by atoms with Crippen LogP contribution in [0.5, 0.6) is 11.5 Å². The van der Waals surface area contributed by atoms with Gasteiger partial charge in [0.1, 0.15) is 5.70 Å². The third-order valence-electron chi connectivity index (χ3n) is 2.92. The number of amides is 3. The highest BCUT2D eigenvalue weighted by atomic mass is 35.5. The topological polar surface area (TPSA) is 103 Å². The second kappa shape index (κ2) is 7.69. The molecule has 0 radical (unpaired) electrons. The lowest BCUT2D eigenvalue weighted by Gasteiger charge is -2.13. The van der Waals surface area contributed by atoms with Gasteiger partial charge in [-0.15, -0.1) is 0 Å². The lowest BCUT2D eigenvalue weighted by molar-refractivity contribution is -0.145. The summed E-state index contributed by atoms with van der Waals surface area (Å²) in [6, 6.07) is 2.46. The Hall–Kier alpha value is -2.74. The van der Waals surface area contributed by atoms with Crippen molar-refractivity contribution in [2.75, 3.05) is 20.3 Å². The summed E-state index contributed by atoms with van der Waals surface area (Å²) in [6.07, 6.45) is 1.43. The van der Waals surface area contributed by atoms with Crippen LogP contribution in [0.25, 0.3) is 6.08 Å². The SMILES string of the molecule is CCOC(=O)COc1c(Cl)cc(C=C2NC(=O)NC2=O)cc1OC. The molecule has 8 nitrogen and oxygen atoms in total. The molecule has 9 heteroatoms. The number of esters is 1. The van der Waals surface area contributed by atoms with Gasteiger partial charge in [0.05, 0.1) is 18.7 Å². The first-order chi connectivity index (χ1) is 11.4. The second-order valence-electron chi connectivity index (χ2n) is 4.59. The summed E-state index contributed by atoms with van der Waals surface area (Å²) < 4.78 is 15.3. The molecule has 1 aromatic rings. The van der Waals surface area contributed by atoms with Crippen LogP contribution >= 0.6 is 11.6 Å². The van der Waals surface area contributed by atoms with Crippen molar-refractivity contribution in [2.24, 2.45) is 0 Å². The fourth-order valence-corrected chi connectivity index (χ4v) is 2.22. The van der Waals surface area contributed by atoms with Crippen LogP contribution in [0.2, 0.25) is 5.02 Å². The highest BCUT2D eigenvalue weighted by molar-refractivity contribution is 6.32. The molecule has 3 amide bonds. The van der Waals surface area contributed by atoms with Crippen molar-refractivity contribution >= 4 is 35.6 Å². The first kappa shape index (κ1) is 17.6. The first-order valence-corrected chi connectivity index (χ1v) is 7.32. The van der Waals surface area contributed by atoms with Crippen molar-refractivity contribution in [1.82, 2.24) is 10.6 Å². The van der Waals surface area contributed by atoms with Gasteiger partial charge in [-0.25, -0.2) is 9.59 Å². The molecule has 0 bridgehead atoms. The number of halogens is 1. The normalized spacial score (nSPS) is 15.0. The molecule has 0 saturated carbocycles. The first-order valence-electron chi connectivity index (χ1n) is 6.94. The van der Waals surface area contributed by atoms with E-state index >= 15 is 0 Å². The Morgan fingerprint density at radius 3 is 2.62 bits per heavy atom. The maximum Gasteiger partial charge on any atom is 0.344 e. The number of rotatable bonds is 6. The van der Waals surface area contributed by atoms with Crippen LogP contribution in [0.3, 0.4) is 0 Å². The van der Waals surface area contributed by atoms with Crippen LogP contribution in [-0.4, -0.2) is 38.2 Å². The zero-order valence-electron chi connectivity index (χ0n) is 13.0. The van der Waals surface area contributed by atoms with E-state index in [0.29, 0.717) is 5.56 Å². The van der Waals surface area contributed by atoms with Crippen molar-refractivity contribution < 1.29 is 28.6 Å². The molecule has 0 spiro atoms. The van der Waals surface area contributed by atoms with Crippen LogP contribution in [-0.2, 0) is 14.3 Å². The zero-order chi connectivity index (χ0) is 17.7. The molecule has 0 aliphatic carbocycles. The number of benzene rings is 1. The van der Waals surface area contributed by atoms with E-state index in [-0.39, 0.29) is 35.4 Å². The molecule has 24 heavy (non-hydrogen) atoms. The Morgan fingerprint density at radius 1 is 1.29 bits per heavy atom. The minimum absolute atomic E-state index is 0.0818. The maximum absolute atomic E-state index is 11.5. The number of carbonyl (C=O) groups excluding carboxylic acids is 3. The van der Waals surface area contributed by atoms with E-state index in [1.807, 2.05) is 0 Å². The van der Waals surface area contributed by atoms with Crippen molar-refractivity contribution in [3.63, 3.8) is 0 Å². The molecule has 1 saturated heterocycles. The average Bonchev–Trinajstić information content (AvgIpc) is 2.83. The van der Waals surface area contributed by atoms with Gasteiger partial charge in [-0.05, 0) is 30.7 Å². The molecule has 128 valence electrons. The number of imide groups is 1. The molecule has 2 rings (SSSR count). The molecule has 1 aliphatic rings. The summed E-state index contributed by atoms with van der Waals surface area (Å²) >= 11 is 6.15. The summed E-state index contributed by atoms with van der Waals surface area (Å²) in [5, 5.41) is 4.63. The standard InChI is InChI=1S/C15H15ClN2O6/c1-3-23-12(19)7-24-13-9(16)4-8(6-11(13)22-2)5-10-14(20)18-15(21)17-10/h4-6H,3,7H2,1-2H3,(H2,17,18,20,21). The molecule has 1 fully saturated rings. The molecule has 0 unspecified atom stereocenters. The minimum Gasteiger partial charge on any atom is -0.493 e. The number of hydrogen-bond donors (Lipinski definition) is 2. The quantitative estimate of drug-likeness (QED) is 0.455. The Kier molecular flexibility index (Phi) is 5.64. The molecule has 1 heterocycles. The van der Waals surface area contributed by atoms with E-state index in [9.17, 15) is 14.4 Å². The van der Waals surface area contributed by atoms with Crippen molar-refractivity contribution in [3.8, 4) is 11.5 Å². The molecule has 1 aliphatic heterocycles. The molecule has 0 atom stereocenters. The molecular weight excluding hydrogens is 340 g/mol. The molecule has 1 aromatic carbocycles. The maximum atomic E-state index is 11.5. The fourth-order valence-electron chi connectivity index (χ4n) is 1.95. The van der Waals surface area contributed by atoms with Crippen LogP contribution in [0.4, 0.5) is 4.79 Å². The monoisotopic (exact) mass is 354 g/mol. The van der Waals surface area contributed by atoms with Gasteiger partial charge in [0.25, 0.3) is 5.91 Å². The molecule has 0 aromatic heterocycles. The number of carbonyl (C=O) groups is 3. The fraction of sp³-hybridized carbons (Fsp3) is 0.267. The van der Waals surface area contributed by atoms with Crippen LogP contribution < -0.4 is 20.1 Å². The van der Waals surface area contributed by atoms with Gasteiger partial charge in [0.15, 0.2) is 18.1 Å². The van der Waals surface area contributed by atoms with Gasteiger partial charge in [0.2, 0.25) is 0 Å². The van der Waals surface area contributed by atoms with Gasteiger partial charge in [0, 0.05) is 0 Å². The molecular formula is C15H15ClN2O6. The zero-order valence-corrected chi connectivity index (χ0v) is 13.7. The third kappa shape index (κ3) is 4.17. The summed E-state index contributed by atoms with van der Waals surface area (Å²) in [7, 11) is 1.41. The Labute approximate surface area is 142 Å². The average molecular weight is 355 g/mol. The summed E-state index contributed by atoms with van der Waals surface area (Å²) in [5.74, 6) is -0.637.